The number of anilines is 1. The molecule has 1 fully saturated rings. The minimum atomic E-state index is -0.300. The smallest absolute Gasteiger partial charge is 0.298 e. The van der Waals surface area contributed by atoms with Crippen LogP contribution in [0.3, 0.4) is 0 Å². The zero-order valence-electron chi connectivity index (χ0n) is 15.5. The molecule has 4 nitrogen and oxygen atoms in total. The van der Waals surface area contributed by atoms with Gasteiger partial charge in [-0.15, -0.1) is 0 Å². The maximum absolute atomic E-state index is 12.8. The molecule has 150 valence electrons. The van der Waals surface area contributed by atoms with Gasteiger partial charge in [0.05, 0.1) is 17.7 Å². The summed E-state index contributed by atoms with van der Waals surface area (Å²) in [5.41, 5.74) is 2.54. The van der Waals surface area contributed by atoms with E-state index in [1.54, 1.807) is 30.3 Å². The minimum absolute atomic E-state index is 0.287. The van der Waals surface area contributed by atoms with Crippen molar-refractivity contribution in [2.24, 2.45) is 0 Å². The van der Waals surface area contributed by atoms with E-state index in [1.165, 1.54) is 4.90 Å². The van der Waals surface area contributed by atoms with Crippen molar-refractivity contribution in [3.05, 3.63) is 96.0 Å². The van der Waals surface area contributed by atoms with Crippen molar-refractivity contribution < 1.29 is 14.3 Å². The Kier molecular flexibility index (Phi) is 6.79. The van der Waals surface area contributed by atoms with Crippen molar-refractivity contribution in [3.63, 3.8) is 0 Å². The number of para-hydroxylation sites is 1. The third-order valence-electron chi connectivity index (χ3n) is 4.35. The normalized spacial score (nSPS) is 15.1. The molecule has 3 aromatic carbocycles. The monoisotopic (exact) mass is 639 g/mol. The number of rotatable bonds is 5. The lowest BCUT2D eigenvalue weighted by molar-refractivity contribution is -0.113. The van der Waals surface area contributed by atoms with Crippen molar-refractivity contribution in [2.75, 3.05) is 4.90 Å². The fraction of sp³-hybridized carbons (Fsp3) is 0.0435. The predicted molar refractivity (Wildman–Crippen MR) is 138 cm³/mol. The lowest BCUT2D eigenvalue weighted by atomic mass is 10.2. The molecular weight excluding hydrogens is 624 g/mol. The van der Waals surface area contributed by atoms with Crippen LogP contribution in [0, 0.1) is 7.14 Å². The van der Waals surface area contributed by atoms with Gasteiger partial charge in [-0.25, -0.2) is 4.90 Å². The quantitative estimate of drug-likeness (QED) is 0.230. The first-order valence-electron chi connectivity index (χ1n) is 9.02. The van der Waals surface area contributed by atoms with Gasteiger partial charge in [-0.2, -0.15) is 0 Å². The highest BCUT2D eigenvalue weighted by Gasteiger charge is 2.36. The van der Waals surface area contributed by atoms with Crippen LogP contribution in [0.5, 0.6) is 5.75 Å². The van der Waals surface area contributed by atoms with Crippen LogP contribution in [0.25, 0.3) is 6.08 Å². The highest BCUT2D eigenvalue weighted by molar-refractivity contribution is 14.1. The Bertz CT molecular complexity index is 1110. The molecule has 0 radical (unpaired) electrons. The minimum Gasteiger partial charge on any atom is -0.487 e. The number of halogens is 2. The Morgan fingerprint density at radius 1 is 0.900 bits per heavy atom. The van der Waals surface area contributed by atoms with Gasteiger partial charge < -0.3 is 4.74 Å². The number of imide groups is 1. The molecule has 0 aromatic heterocycles. The molecule has 0 spiro atoms. The molecule has 0 unspecified atom stereocenters. The molecule has 30 heavy (non-hydrogen) atoms. The van der Waals surface area contributed by atoms with Crippen LogP contribution in [0.1, 0.15) is 11.1 Å². The van der Waals surface area contributed by atoms with Gasteiger partial charge in [0.2, 0.25) is 0 Å². The van der Waals surface area contributed by atoms with E-state index in [-0.39, 0.29) is 11.1 Å². The summed E-state index contributed by atoms with van der Waals surface area (Å²) in [5, 5.41) is -0.287. The van der Waals surface area contributed by atoms with Gasteiger partial charge in [0.1, 0.15) is 12.4 Å². The summed E-state index contributed by atoms with van der Waals surface area (Å²) in [4.78, 5) is 26.8. The molecule has 1 saturated heterocycles. The van der Waals surface area contributed by atoms with Crippen molar-refractivity contribution in [1.82, 2.24) is 0 Å². The summed E-state index contributed by atoms with van der Waals surface area (Å²) in [7, 11) is 0. The summed E-state index contributed by atoms with van der Waals surface area (Å²) in [6, 6.07) is 22.9. The number of amides is 2. The second-order valence-electron chi connectivity index (χ2n) is 6.44. The van der Waals surface area contributed by atoms with Gasteiger partial charge in [-0.3, -0.25) is 9.59 Å². The maximum Gasteiger partial charge on any atom is 0.298 e. The Hall–Kier alpha value is -1.85. The largest absolute Gasteiger partial charge is 0.487 e. The number of carbonyl (C=O) groups excluding carboxylic acids is 2. The number of nitrogens with zero attached hydrogens (tertiary/aromatic N) is 1. The SMILES string of the molecule is O=C1S/C(=C\c2cc(I)c(OCc3ccccc3)c(I)c2)C(=O)N1c1ccccc1. The molecule has 2 amide bonds. The molecule has 0 atom stereocenters. The maximum atomic E-state index is 12.8. The van der Waals surface area contributed by atoms with E-state index in [2.05, 4.69) is 45.2 Å². The standard InChI is InChI=1S/C23H15I2NO3S/c24-18-11-16(12-19(25)21(18)29-14-15-7-3-1-4-8-15)13-20-22(27)26(23(28)30-20)17-9-5-2-6-10-17/h1-13H,14H2/b20-13-. The second kappa shape index (κ2) is 9.52. The number of carbonyl (C=O) groups is 2. The topological polar surface area (TPSA) is 46.6 Å². The molecule has 1 aliphatic heterocycles. The summed E-state index contributed by atoms with van der Waals surface area (Å²) >= 11 is 5.43. The van der Waals surface area contributed by atoms with Crippen LogP contribution < -0.4 is 9.64 Å². The van der Waals surface area contributed by atoms with E-state index in [9.17, 15) is 9.59 Å². The van der Waals surface area contributed by atoms with Crippen molar-refractivity contribution in [2.45, 2.75) is 6.61 Å². The highest BCUT2D eigenvalue weighted by atomic mass is 127. The van der Waals surface area contributed by atoms with Crippen LogP contribution in [-0.2, 0) is 11.4 Å². The summed E-state index contributed by atoms with van der Waals surface area (Å²) in [5.74, 6) is 0.514. The fourth-order valence-electron chi connectivity index (χ4n) is 2.95. The second-order valence-corrected chi connectivity index (χ2v) is 9.76. The van der Waals surface area contributed by atoms with Gasteiger partial charge in [0.15, 0.2) is 0 Å². The van der Waals surface area contributed by atoms with E-state index in [0.717, 1.165) is 35.8 Å². The average molecular weight is 639 g/mol. The van der Waals surface area contributed by atoms with Crippen LogP contribution in [0.4, 0.5) is 10.5 Å². The van der Waals surface area contributed by atoms with Crippen molar-refractivity contribution in [3.8, 4) is 5.75 Å². The van der Waals surface area contributed by atoms with E-state index < -0.39 is 0 Å². The Balaban J connectivity index is 1.55. The predicted octanol–water partition coefficient (Wildman–Crippen LogP) is 6.72. The Labute approximate surface area is 206 Å². The van der Waals surface area contributed by atoms with E-state index in [1.807, 2.05) is 48.5 Å². The van der Waals surface area contributed by atoms with E-state index >= 15 is 0 Å². The van der Waals surface area contributed by atoms with Crippen LogP contribution in [0.2, 0.25) is 0 Å². The first kappa shape index (κ1) is 21.4. The zero-order chi connectivity index (χ0) is 21.1. The lowest BCUT2D eigenvalue weighted by Crippen LogP contribution is -2.27. The third-order valence-corrected chi connectivity index (χ3v) is 6.82. The molecule has 7 heteroatoms. The Morgan fingerprint density at radius 2 is 1.50 bits per heavy atom. The molecule has 4 rings (SSSR count). The van der Waals surface area contributed by atoms with Crippen LogP contribution in [-0.4, -0.2) is 11.1 Å². The lowest BCUT2D eigenvalue weighted by Gasteiger charge is -2.12. The number of hydrogen-bond acceptors (Lipinski definition) is 4. The number of ether oxygens (including phenoxy) is 1. The molecular formula is C23H15I2NO3S. The fourth-order valence-corrected chi connectivity index (χ4v) is 5.92. The number of thioether (sulfide) groups is 1. The molecule has 1 heterocycles. The Morgan fingerprint density at radius 3 is 2.13 bits per heavy atom. The molecule has 3 aromatic rings. The van der Waals surface area contributed by atoms with Crippen molar-refractivity contribution in [1.29, 1.82) is 0 Å². The summed E-state index contributed by atoms with van der Waals surface area (Å²) < 4.78 is 7.92. The van der Waals surface area contributed by atoms with E-state index in [4.69, 9.17) is 4.74 Å². The van der Waals surface area contributed by atoms with Crippen LogP contribution in [0.15, 0.2) is 77.7 Å². The molecule has 1 aliphatic rings. The van der Waals surface area contributed by atoms with E-state index in [0.29, 0.717) is 17.2 Å². The molecule has 0 bridgehead atoms. The van der Waals surface area contributed by atoms with Crippen LogP contribution >= 0.6 is 56.9 Å². The van der Waals surface area contributed by atoms with Gasteiger partial charge >= 0.3 is 0 Å². The van der Waals surface area contributed by atoms with Gasteiger partial charge in [0.25, 0.3) is 11.1 Å². The first-order valence-corrected chi connectivity index (χ1v) is 12.0. The first-order chi connectivity index (χ1) is 14.5. The van der Waals surface area contributed by atoms with Gasteiger partial charge in [0, 0.05) is 0 Å². The average Bonchev–Trinajstić information content (AvgIpc) is 3.01. The van der Waals surface area contributed by atoms with Crippen molar-refractivity contribution >= 4 is 79.9 Å². The molecule has 0 saturated carbocycles. The van der Waals surface area contributed by atoms with Gasteiger partial charge in [-0.05, 0) is 98.4 Å². The molecule has 0 N–H and O–H groups in total. The third kappa shape index (κ3) is 4.73. The summed E-state index contributed by atoms with van der Waals surface area (Å²) in [6.07, 6.45) is 1.76. The highest BCUT2D eigenvalue weighted by Crippen LogP contribution is 2.37. The molecule has 0 aliphatic carbocycles. The zero-order valence-corrected chi connectivity index (χ0v) is 20.7. The van der Waals surface area contributed by atoms with Gasteiger partial charge in [-0.1, -0.05) is 48.5 Å². The number of hydrogen-bond donors (Lipinski definition) is 0. The number of benzene rings is 3. The summed E-state index contributed by atoms with van der Waals surface area (Å²) in [6.45, 7) is 0.488.